The first-order valence-electron chi connectivity index (χ1n) is 6.85. The molecule has 0 fully saturated rings. The molecule has 0 aliphatic carbocycles. The summed E-state index contributed by atoms with van der Waals surface area (Å²) in [6, 6.07) is 7.21. The number of carbonyl (C=O) groups is 1. The summed E-state index contributed by atoms with van der Waals surface area (Å²) in [5.74, 6) is 0.605. The maximum atomic E-state index is 11.9. The molecule has 0 aliphatic rings. The molecular formula is C16H23BrO3. The van der Waals surface area contributed by atoms with Gasteiger partial charge in [0.05, 0.1) is 13.2 Å². The van der Waals surface area contributed by atoms with E-state index < -0.39 is 0 Å². The molecule has 0 aliphatic heterocycles. The van der Waals surface area contributed by atoms with Crippen LogP contribution in [0.3, 0.4) is 0 Å². The first-order valence-corrected chi connectivity index (χ1v) is 7.97. The fraction of sp³-hybridized carbons (Fsp3) is 0.562. The third-order valence-electron chi connectivity index (χ3n) is 3.23. The van der Waals surface area contributed by atoms with Crippen LogP contribution in [-0.2, 0) is 4.74 Å². The van der Waals surface area contributed by atoms with Gasteiger partial charge in [-0.05, 0) is 24.5 Å². The number of para-hydroxylation sites is 1. The molecule has 1 unspecified atom stereocenters. The van der Waals surface area contributed by atoms with Crippen molar-refractivity contribution in [3.63, 3.8) is 0 Å². The van der Waals surface area contributed by atoms with E-state index in [4.69, 9.17) is 9.47 Å². The van der Waals surface area contributed by atoms with Gasteiger partial charge in [-0.15, -0.1) is 0 Å². The summed E-state index contributed by atoms with van der Waals surface area (Å²) in [4.78, 5) is 11.9. The van der Waals surface area contributed by atoms with Crippen molar-refractivity contribution in [2.45, 2.75) is 27.7 Å². The number of hydrogen-bond acceptors (Lipinski definition) is 3. The van der Waals surface area contributed by atoms with Gasteiger partial charge in [0.2, 0.25) is 0 Å². The minimum atomic E-state index is -0.339. The molecule has 1 atom stereocenters. The predicted octanol–water partition coefficient (Wildman–Crippen LogP) is 4.30. The van der Waals surface area contributed by atoms with Gasteiger partial charge in [0, 0.05) is 11.2 Å². The SMILES string of the molecule is CCOC(=O)c1ccccc1OCC(CBr)C(C)(C)C. The average Bonchev–Trinajstić information content (AvgIpc) is 2.38. The molecule has 1 aromatic carbocycles. The fourth-order valence-electron chi connectivity index (χ4n) is 1.69. The zero-order valence-corrected chi connectivity index (χ0v) is 14.2. The molecule has 0 saturated heterocycles. The van der Waals surface area contributed by atoms with Gasteiger partial charge >= 0.3 is 5.97 Å². The van der Waals surface area contributed by atoms with Gasteiger partial charge in [0.1, 0.15) is 11.3 Å². The van der Waals surface area contributed by atoms with Crippen molar-refractivity contribution in [3.05, 3.63) is 29.8 Å². The van der Waals surface area contributed by atoms with Crippen molar-refractivity contribution in [2.24, 2.45) is 11.3 Å². The predicted molar refractivity (Wildman–Crippen MR) is 84.6 cm³/mol. The second kappa shape index (κ2) is 7.67. The summed E-state index contributed by atoms with van der Waals surface area (Å²) in [5, 5.41) is 0.859. The van der Waals surface area contributed by atoms with Crippen LogP contribution in [0.5, 0.6) is 5.75 Å². The Kier molecular flexibility index (Phi) is 6.53. The van der Waals surface area contributed by atoms with E-state index in [2.05, 4.69) is 36.7 Å². The van der Waals surface area contributed by atoms with Gasteiger partial charge in [-0.1, -0.05) is 48.8 Å². The molecule has 0 amide bonds. The van der Waals surface area contributed by atoms with Crippen LogP contribution in [0, 0.1) is 11.3 Å². The lowest BCUT2D eigenvalue weighted by Crippen LogP contribution is -2.28. The van der Waals surface area contributed by atoms with Crippen LogP contribution >= 0.6 is 15.9 Å². The molecule has 0 saturated carbocycles. The molecule has 0 N–H and O–H groups in total. The average molecular weight is 343 g/mol. The quantitative estimate of drug-likeness (QED) is 0.571. The van der Waals surface area contributed by atoms with Crippen LogP contribution in [-0.4, -0.2) is 24.5 Å². The number of esters is 1. The Labute approximate surface area is 129 Å². The number of carbonyl (C=O) groups excluding carboxylic acids is 1. The van der Waals surface area contributed by atoms with Crippen LogP contribution < -0.4 is 4.74 Å². The monoisotopic (exact) mass is 342 g/mol. The lowest BCUT2D eigenvalue weighted by atomic mass is 9.83. The van der Waals surface area contributed by atoms with Gasteiger partial charge in [-0.3, -0.25) is 0 Å². The Morgan fingerprint density at radius 1 is 1.30 bits per heavy atom. The Bertz CT molecular complexity index is 438. The molecule has 1 rings (SSSR count). The van der Waals surface area contributed by atoms with Crippen molar-refractivity contribution in [3.8, 4) is 5.75 Å². The zero-order valence-electron chi connectivity index (χ0n) is 12.6. The van der Waals surface area contributed by atoms with Gasteiger partial charge < -0.3 is 9.47 Å². The van der Waals surface area contributed by atoms with E-state index in [1.807, 2.05) is 12.1 Å². The lowest BCUT2D eigenvalue weighted by molar-refractivity contribution is 0.0519. The van der Waals surface area contributed by atoms with Crippen LogP contribution in [0.2, 0.25) is 0 Å². The van der Waals surface area contributed by atoms with Gasteiger partial charge in [0.25, 0.3) is 0 Å². The lowest BCUT2D eigenvalue weighted by Gasteiger charge is -2.29. The largest absolute Gasteiger partial charge is 0.492 e. The zero-order chi connectivity index (χ0) is 15.2. The summed E-state index contributed by atoms with van der Waals surface area (Å²) < 4.78 is 10.9. The standard InChI is InChI=1S/C16H23BrO3/c1-5-19-15(18)13-8-6-7-9-14(13)20-11-12(10-17)16(2,3)4/h6-9,12H,5,10-11H2,1-4H3. The van der Waals surface area contributed by atoms with Crippen molar-refractivity contribution in [2.75, 3.05) is 18.5 Å². The van der Waals surface area contributed by atoms with Crippen LogP contribution in [0.1, 0.15) is 38.1 Å². The Morgan fingerprint density at radius 2 is 1.95 bits per heavy atom. The third kappa shape index (κ3) is 4.82. The molecule has 4 heteroatoms. The van der Waals surface area contributed by atoms with Crippen molar-refractivity contribution in [1.82, 2.24) is 0 Å². The first kappa shape index (κ1) is 17.0. The van der Waals surface area contributed by atoms with Crippen molar-refractivity contribution < 1.29 is 14.3 Å². The highest BCUT2D eigenvalue weighted by Gasteiger charge is 2.25. The number of rotatable bonds is 6. The highest BCUT2D eigenvalue weighted by molar-refractivity contribution is 9.09. The van der Waals surface area contributed by atoms with Crippen LogP contribution in [0.25, 0.3) is 0 Å². The first-order chi connectivity index (χ1) is 9.40. The smallest absolute Gasteiger partial charge is 0.341 e. The van der Waals surface area contributed by atoms with Crippen LogP contribution in [0.15, 0.2) is 24.3 Å². The normalized spacial score (nSPS) is 12.8. The number of hydrogen-bond donors (Lipinski definition) is 0. The van der Waals surface area contributed by atoms with E-state index in [1.54, 1.807) is 19.1 Å². The highest BCUT2D eigenvalue weighted by atomic mass is 79.9. The second-order valence-electron chi connectivity index (χ2n) is 5.74. The molecule has 0 bridgehead atoms. The maximum Gasteiger partial charge on any atom is 0.341 e. The van der Waals surface area contributed by atoms with Crippen molar-refractivity contribution in [1.29, 1.82) is 0 Å². The van der Waals surface area contributed by atoms with Gasteiger partial charge in [-0.25, -0.2) is 4.79 Å². The molecule has 0 heterocycles. The van der Waals surface area contributed by atoms with Gasteiger partial charge in [0.15, 0.2) is 0 Å². The molecule has 0 radical (unpaired) electrons. The maximum absolute atomic E-state index is 11.9. The van der Waals surface area contributed by atoms with E-state index in [9.17, 15) is 4.79 Å². The van der Waals surface area contributed by atoms with E-state index in [0.717, 1.165) is 5.33 Å². The Hall–Kier alpha value is -1.03. The Balaban J connectivity index is 2.80. The van der Waals surface area contributed by atoms with Gasteiger partial charge in [-0.2, -0.15) is 0 Å². The summed E-state index contributed by atoms with van der Waals surface area (Å²) in [6.07, 6.45) is 0. The van der Waals surface area contributed by atoms with E-state index in [-0.39, 0.29) is 11.4 Å². The molecule has 0 aromatic heterocycles. The summed E-state index contributed by atoms with van der Waals surface area (Å²) in [6.45, 7) is 9.25. The minimum Gasteiger partial charge on any atom is -0.492 e. The Morgan fingerprint density at radius 3 is 2.50 bits per heavy atom. The molecule has 1 aromatic rings. The highest BCUT2D eigenvalue weighted by Crippen LogP contribution is 2.29. The number of alkyl halides is 1. The molecule has 112 valence electrons. The summed E-state index contributed by atoms with van der Waals surface area (Å²) >= 11 is 3.53. The molecule has 20 heavy (non-hydrogen) atoms. The number of halogens is 1. The topological polar surface area (TPSA) is 35.5 Å². The van der Waals surface area contributed by atoms with E-state index >= 15 is 0 Å². The number of ether oxygens (including phenoxy) is 2. The third-order valence-corrected chi connectivity index (χ3v) is 4.02. The summed E-state index contributed by atoms with van der Waals surface area (Å²) in [5.41, 5.74) is 0.624. The fourth-order valence-corrected chi connectivity index (χ4v) is 2.84. The molecule has 0 spiro atoms. The van der Waals surface area contributed by atoms with Crippen molar-refractivity contribution >= 4 is 21.9 Å². The molecular weight excluding hydrogens is 320 g/mol. The summed E-state index contributed by atoms with van der Waals surface area (Å²) in [7, 11) is 0. The second-order valence-corrected chi connectivity index (χ2v) is 6.39. The number of benzene rings is 1. The molecule has 3 nitrogen and oxygen atoms in total. The van der Waals surface area contributed by atoms with E-state index in [0.29, 0.717) is 30.4 Å². The van der Waals surface area contributed by atoms with Crippen LogP contribution in [0.4, 0.5) is 0 Å². The van der Waals surface area contributed by atoms with E-state index in [1.165, 1.54) is 0 Å². The minimum absolute atomic E-state index is 0.141.